The molecule has 1 N–H and O–H groups in total. The van der Waals surface area contributed by atoms with E-state index in [9.17, 15) is 9.59 Å². The third kappa shape index (κ3) is 3.59. The van der Waals surface area contributed by atoms with Crippen LogP contribution in [0.5, 0.6) is 5.75 Å². The first-order valence-corrected chi connectivity index (χ1v) is 4.62. The van der Waals surface area contributed by atoms with Gasteiger partial charge in [-0.05, 0) is 12.1 Å². The summed E-state index contributed by atoms with van der Waals surface area (Å²) in [5.74, 6) is -0.321. The molecule has 0 aliphatic carbocycles. The highest BCUT2D eigenvalue weighted by atomic mass is 35.5. The number of nitrogens with one attached hydrogen (secondary N) is 1. The molecule has 0 radical (unpaired) electrons. The first-order valence-electron chi connectivity index (χ1n) is 4.24. The Kier molecular flexibility index (Phi) is 3.68. The molecule has 5 heteroatoms. The summed E-state index contributed by atoms with van der Waals surface area (Å²) in [5.41, 5.74) is 0.419. The van der Waals surface area contributed by atoms with Gasteiger partial charge in [0.15, 0.2) is 0 Å². The number of hydrogen-bond acceptors (Lipinski definition) is 3. The van der Waals surface area contributed by atoms with E-state index >= 15 is 0 Å². The number of amides is 1. The third-order valence-electron chi connectivity index (χ3n) is 1.51. The zero-order chi connectivity index (χ0) is 11.4. The van der Waals surface area contributed by atoms with Gasteiger partial charge in [0.05, 0.1) is 10.7 Å². The Morgan fingerprint density at radius 2 is 2.00 bits per heavy atom. The molecule has 0 fully saturated rings. The first-order chi connectivity index (χ1) is 6.99. The minimum atomic E-state index is -0.425. The number of esters is 1. The minimum absolute atomic E-state index is 0.239. The molecule has 0 saturated carbocycles. The fourth-order valence-corrected chi connectivity index (χ4v) is 1.18. The Balaban J connectivity index is 2.94. The molecule has 80 valence electrons. The van der Waals surface area contributed by atoms with Gasteiger partial charge in [-0.3, -0.25) is 9.59 Å². The van der Waals surface area contributed by atoms with Crippen LogP contribution >= 0.6 is 11.6 Å². The van der Waals surface area contributed by atoms with Crippen molar-refractivity contribution in [2.75, 3.05) is 5.32 Å². The third-order valence-corrected chi connectivity index (χ3v) is 1.84. The molecule has 1 aromatic rings. The molecule has 1 aromatic carbocycles. The second-order valence-electron chi connectivity index (χ2n) is 2.92. The second-order valence-corrected chi connectivity index (χ2v) is 3.32. The Labute approximate surface area is 92.2 Å². The van der Waals surface area contributed by atoms with Gasteiger partial charge in [0.1, 0.15) is 5.75 Å². The quantitative estimate of drug-likeness (QED) is 0.623. The van der Waals surface area contributed by atoms with Gasteiger partial charge in [-0.15, -0.1) is 0 Å². The van der Waals surface area contributed by atoms with Gasteiger partial charge in [0.25, 0.3) is 0 Å². The predicted molar refractivity (Wildman–Crippen MR) is 57.1 cm³/mol. The Bertz CT molecular complexity index is 404. The summed E-state index contributed by atoms with van der Waals surface area (Å²) in [7, 11) is 0. The molecule has 0 aliphatic heterocycles. The number of halogens is 1. The molecule has 4 nitrogen and oxygen atoms in total. The van der Waals surface area contributed by atoms with E-state index in [0.29, 0.717) is 16.5 Å². The lowest BCUT2D eigenvalue weighted by Crippen LogP contribution is -2.07. The maximum absolute atomic E-state index is 10.8. The molecule has 0 bridgehead atoms. The Morgan fingerprint density at radius 1 is 1.33 bits per heavy atom. The topological polar surface area (TPSA) is 55.4 Å². The number of hydrogen-bond donors (Lipinski definition) is 1. The van der Waals surface area contributed by atoms with Crippen LogP contribution in [0.1, 0.15) is 13.8 Å². The van der Waals surface area contributed by atoms with E-state index in [1.54, 1.807) is 12.1 Å². The average Bonchev–Trinajstić information content (AvgIpc) is 2.09. The van der Waals surface area contributed by atoms with E-state index in [1.165, 1.54) is 19.9 Å². The number of carbonyl (C=O) groups is 2. The number of anilines is 1. The molecule has 0 atom stereocenters. The van der Waals surface area contributed by atoms with Gasteiger partial charge in [-0.25, -0.2) is 0 Å². The molecule has 0 saturated heterocycles. The van der Waals surface area contributed by atoms with Gasteiger partial charge < -0.3 is 10.1 Å². The second kappa shape index (κ2) is 4.79. The van der Waals surface area contributed by atoms with Crippen LogP contribution in [0, 0.1) is 0 Å². The van der Waals surface area contributed by atoms with Crippen LogP contribution in [0.25, 0.3) is 0 Å². The lowest BCUT2D eigenvalue weighted by Gasteiger charge is -2.07. The average molecular weight is 228 g/mol. The summed E-state index contributed by atoms with van der Waals surface area (Å²) in [5, 5.41) is 2.91. The molecule has 15 heavy (non-hydrogen) atoms. The number of rotatable bonds is 2. The maximum atomic E-state index is 10.8. The number of benzene rings is 1. The standard InChI is InChI=1S/C10H10ClNO3/c1-6(13)12-10-5-8(15-7(2)14)3-4-9(10)11/h3-5H,1-2H3,(H,12,13). The summed E-state index contributed by atoms with van der Waals surface area (Å²) >= 11 is 5.82. The predicted octanol–water partition coefficient (Wildman–Crippen LogP) is 2.22. The summed E-state index contributed by atoms with van der Waals surface area (Å²) in [6.07, 6.45) is 0. The van der Waals surface area contributed by atoms with Crippen LogP contribution in [0.4, 0.5) is 5.69 Å². The van der Waals surface area contributed by atoms with Crippen LogP contribution in [0.2, 0.25) is 5.02 Å². The van der Waals surface area contributed by atoms with Gasteiger partial charge >= 0.3 is 5.97 Å². The van der Waals surface area contributed by atoms with Crippen molar-refractivity contribution in [3.05, 3.63) is 23.2 Å². The van der Waals surface area contributed by atoms with Crippen molar-refractivity contribution in [3.8, 4) is 5.75 Å². The van der Waals surface area contributed by atoms with E-state index in [-0.39, 0.29) is 5.91 Å². The largest absolute Gasteiger partial charge is 0.427 e. The molecular formula is C10H10ClNO3. The normalized spacial score (nSPS) is 9.53. The molecular weight excluding hydrogens is 218 g/mol. The molecule has 0 spiro atoms. The van der Waals surface area contributed by atoms with Gasteiger partial charge in [0, 0.05) is 19.9 Å². The van der Waals surface area contributed by atoms with Gasteiger partial charge in [-0.1, -0.05) is 11.6 Å². The molecule has 0 unspecified atom stereocenters. The van der Waals surface area contributed by atoms with E-state index in [4.69, 9.17) is 16.3 Å². The number of carbonyl (C=O) groups excluding carboxylic acids is 2. The van der Waals surface area contributed by atoms with Crippen LogP contribution < -0.4 is 10.1 Å². The lowest BCUT2D eigenvalue weighted by molar-refractivity contribution is -0.131. The van der Waals surface area contributed by atoms with Crippen LogP contribution in [0.3, 0.4) is 0 Å². The highest BCUT2D eigenvalue weighted by Gasteiger charge is 2.05. The van der Waals surface area contributed by atoms with Crippen LogP contribution in [-0.2, 0) is 9.59 Å². The van der Waals surface area contributed by atoms with Gasteiger partial charge in [0.2, 0.25) is 5.91 Å². The zero-order valence-corrected chi connectivity index (χ0v) is 9.09. The maximum Gasteiger partial charge on any atom is 0.308 e. The highest BCUT2D eigenvalue weighted by molar-refractivity contribution is 6.33. The highest BCUT2D eigenvalue weighted by Crippen LogP contribution is 2.26. The minimum Gasteiger partial charge on any atom is -0.427 e. The monoisotopic (exact) mass is 227 g/mol. The Hall–Kier alpha value is -1.55. The van der Waals surface area contributed by atoms with Crippen molar-refractivity contribution in [2.45, 2.75) is 13.8 Å². The summed E-state index contributed by atoms with van der Waals surface area (Å²) in [6, 6.07) is 4.59. The van der Waals surface area contributed by atoms with E-state index in [1.807, 2.05) is 0 Å². The van der Waals surface area contributed by atoms with Crippen molar-refractivity contribution in [2.24, 2.45) is 0 Å². The van der Waals surface area contributed by atoms with Crippen molar-refractivity contribution in [1.29, 1.82) is 0 Å². The van der Waals surface area contributed by atoms with Crippen molar-refractivity contribution in [1.82, 2.24) is 0 Å². The summed E-state index contributed by atoms with van der Waals surface area (Å²) in [6.45, 7) is 2.67. The van der Waals surface area contributed by atoms with Crippen molar-refractivity contribution < 1.29 is 14.3 Å². The summed E-state index contributed by atoms with van der Waals surface area (Å²) in [4.78, 5) is 21.5. The molecule has 0 aromatic heterocycles. The van der Waals surface area contributed by atoms with Crippen molar-refractivity contribution >= 4 is 29.2 Å². The lowest BCUT2D eigenvalue weighted by atomic mass is 10.3. The SMILES string of the molecule is CC(=O)Nc1cc(OC(C)=O)ccc1Cl. The fourth-order valence-electron chi connectivity index (χ4n) is 1.02. The smallest absolute Gasteiger partial charge is 0.308 e. The van der Waals surface area contributed by atoms with Gasteiger partial charge in [-0.2, -0.15) is 0 Å². The molecule has 1 rings (SSSR count). The molecule has 0 aliphatic rings. The first kappa shape index (κ1) is 11.5. The Morgan fingerprint density at radius 3 is 2.53 bits per heavy atom. The molecule has 1 amide bonds. The summed E-state index contributed by atoms with van der Waals surface area (Å²) < 4.78 is 4.84. The van der Waals surface area contributed by atoms with Crippen LogP contribution in [0.15, 0.2) is 18.2 Å². The number of ether oxygens (including phenoxy) is 1. The van der Waals surface area contributed by atoms with E-state index < -0.39 is 5.97 Å². The van der Waals surface area contributed by atoms with E-state index in [2.05, 4.69) is 5.32 Å². The van der Waals surface area contributed by atoms with Crippen LogP contribution in [-0.4, -0.2) is 11.9 Å². The molecule has 0 heterocycles. The fraction of sp³-hybridized carbons (Fsp3) is 0.200. The van der Waals surface area contributed by atoms with Crippen molar-refractivity contribution in [3.63, 3.8) is 0 Å². The van der Waals surface area contributed by atoms with E-state index in [0.717, 1.165) is 0 Å². The zero-order valence-electron chi connectivity index (χ0n) is 8.33.